The van der Waals surface area contributed by atoms with E-state index in [-0.39, 0.29) is 24.0 Å². The molecule has 1 amide bonds. The van der Waals surface area contributed by atoms with Crippen LogP contribution in [0.1, 0.15) is 56.0 Å². The molecule has 5 heteroatoms. The molecule has 2 unspecified atom stereocenters. The summed E-state index contributed by atoms with van der Waals surface area (Å²) < 4.78 is 19.1. The fourth-order valence-electron chi connectivity index (χ4n) is 3.54. The highest BCUT2D eigenvalue weighted by atomic mass is 19.1. The molecule has 24 heavy (non-hydrogen) atoms. The van der Waals surface area contributed by atoms with Gasteiger partial charge in [-0.05, 0) is 69.4 Å². The molecule has 0 radical (unpaired) electrons. The quantitative estimate of drug-likeness (QED) is 0.763. The van der Waals surface area contributed by atoms with Crippen molar-refractivity contribution in [3.05, 3.63) is 41.2 Å². The Bertz CT molecular complexity index is 705. The van der Waals surface area contributed by atoms with E-state index in [0.717, 1.165) is 24.7 Å². The first-order chi connectivity index (χ1) is 11.3. The molecule has 0 saturated carbocycles. The summed E-state index contributed by atoms with van der Waals surface area (Å²) in [7, 11) is 0. The van der Waals surface area contributed by atoms with Gasteiger partial charge in [0.15, 0.2) is 6.29 Å². The third-order valence-electron chi connectivity index (χ3n) is 4.49. The second-order valence-electron chi connectivity index (χ2n) is 7.43. The lowest BCUT2D eigenvalue weighted by Gasteiger charge is -2.35. The molecule has 4 nitrogen and oxygen atoms in total. The number of carbonyl (C=O) groups is 2. The number of hydrogen-bond donors (Lipinski definition) is 0. The van der Waals surface area contributed by atoms with Crippen LogP contribution in [0.25, 0.3) is 5.57 Å². The topological polar surface area (TPSA) is 46.6 Å². The normalized spacial score (nSPS) is 23.0. The van der Waals surface area contributed by atoms with Crippen LogP contribution >= 0.6 is 0 Å². The Balaban J connectivity index is 1.89. The summed E-state index contributed by atoms with van der Waals surface area (Å²) in [5, 5.41) is 0. The summed E-state index contributed by atoms with van der Waals surface area (Å²) >= 11 is 0. The SMILES string of the molecule is CC(C)(C)OC(=O)N1C2C=C(c3cc(F)ccc3C=O)CC1CC2. The standard InChI is InChI=1S/C19H22FNO3/c1-19(2,3)24-18(23)21-15-6-7-16(21)9-13(8-15)17-10-14(20)5-4-12(17)11-22/h4-5,8,10-11,15-16H,6-7,9H2,1-3H3. The van der Waals surface area contributed by atoms with Crippen molar-refractivity contribution in [1.82, 2.24) is 4.90 Å². The average Bonchev–Trinajstić information content (AvgIpc) is 2.76. The summed E-state index contributed by atoms with van der Waals surface area (Å²) in [5.74, 6) is -0.363. The largest absolute Gasteiger partial charge is 0.444 e. The number of fused-ring (bicyclic) bond motifs is 2. The molecule has 2 heterocycles. The number of halogens is 1. The van der Waals surface area contributed by atoms with Crippen LogP contribution in [-0.4, -0.2) is 35.0 Å². The molecule has 0 aliphatic carbocycles. The molecule has 3 rings (SSSR count). The van der Waals surface area contributed by atoms with Gasteiger partial charge >= 0.3 is 6.09 Å². The predicted octanol–water partition coefficient (Wildman–Crippen LogP) is 4.19. The van der Waals surface area contributed by atoms with Crippen molar-refractivity contribution in [2.75, 3.05) is 0 Å². The van der Waals surface area contributed by atoms with E-state index in [1.165, 1.54) is 18.2 Å². The van der Waals surface area contributed by atoms with Gasteiger partial charge in [-0.1, -0.05) is 6.08 Å². The molecule has 0 aromatic heterocycles. The van der Waals surface area contributed by atoms with Gasteiger partial charge in [-0.15, -0.1) is 0 Å². The van der Waals surface area contributed by atoms with E-state index in [1.807, 2.05) is 26.8 Å². The van der Waals surface area contributed by atoms with Crippen molar-refractivity contribution in [1.29, 1.82) is 0 Å². The molecule has 2 aliphatic rings. The van der Waals surface area contributed by atoms with Gasteiger partial charge < -0.3 is 4.74 Å². The minimum Gasteiger partial charge on any atom is -0.444 e. The number of nitrogens with zero attached hydrogens (tertiary/aromatic N) is 1. The summed E-state index contributed by atoms with van der Waals surface area (Å²) in [6.45, 7) is 5.55. The maximum Gasteiger partial charge on any atom is 0.411 e. The molecule has 1 aromatic carbocycles. The molecule has 0 spiro atoms. The molecular weight excluding hydrogens is 309 g/mol. The minimum atomic E-state index is -0.534. The molecule has 2 atom stereocenters. The second-order valence-corrected chi connectivity index (χ2v) is 7.43. The van der Waals surface area contributed by atoms with Crippen LogP contribution in [0.2, 0.25) is 0 Å². The zero-order chi connectivity index (χ0) is 17.5. The Hall–Kier alpha value is -2.17. The summed E-state index contributed by atoms with van der Waals surface area (Å²) in [4.78, 5) is 25.5. The van der Waals surface area contributed by atoms with Gasteiger partial charge in [0.05, 0.1) is 6.04 Å². The van der Waals surface area contributed by atoms with E-state index in [2.05, 4.69) is 0 Å². The first-order valence-corrected chi connectivity index (χ1v) is 8.25. The van der Waals surface area contributed by atoms with Gasteiger partial charge in [0.2, 0.25) is 0 Å². The number of ether oxygens (including phenoxy) is 1. The van der Waals surface area contributed by atoms with Gasteiger partial charge in [-0.3, -0.25) is 9.69 Å². The highest BCUT2D eigenvalue weighted by molar-refractivity contribution is 5.86. The van der Waals surface area contributed by atoms with E-state index in [9.17, 15) is 14.0 Å². The molecular formula is C19H22FNO3. The Kier molecular flexibility index (Phi) is 4.20. The van der Waals surface area contributed by atoms with Crippen LogP contribution in [-0.2, 0) is 4.74 Å². The number of aldehydes is 1. The lowest BCUT2D eigenvalue weighted by molar-refractivity contribution is 0.0175. The third kappa shape index (κ3) is 3.21. The van der Waals surface area contributed by atoms with Crippen molar-refractivity contribution < 1.29 is 18.7 Å². The smallest absolute Gasteiger partial charge is 0.411 e. The van der Waals surface area contributed by atoms with Crippen molar-refractivity contribution in [3.8, 4) is 0 Å². The highest BCUT2D eigenvalue weighted by Crippen LogP contribution is 2.40. The summed E-state index contributed by atoms with van der Waals surface area (Å²) in [6.07, 6.45) is 4.78. The lowest BCUT2D eigenvalue weighted by atomic mass is 9.92. The van der Waals surface area contributed by atoms with Crippen LogP contribution < -0.4 is 0 Å². The fourth-order valence-corrected chi connectivity index (χ4v) is 3.54. The monoisotopic (exact) mass is 331 g/mol. The van der Waals surface area contributed by atoms with E-state index in [4.69, 9.17) is 4.74 Å². The van der Waals surface area contributed by atoms with Crippen LogP contribution in [0.15, 0.2) is 24.3 Å². The minimum absolute atomic E-state index is 0.0348. The number of amides is 1. The molecule has 128 valence electrons. The van der Waals surface area contributed by atoms with Crippen molar-refractivity contribution in [2.45, 2.75) is 57.7 Å². The Morgan fingerprint density at radius 2 is 2.08 bits per heavy atom. The second kappa shape index (κ2) is 6.04. The van der Waals surface area contributed by atoms with Crippen molar-refractivity contribution in [2.24, 2.45) is 0 Å². The Morgan fingerprint density at radius 3 is 2.71 bits per heavy atom. The van der Waals surface area contributed by atoms with Crippen molar-refractivity contribution >= 4 is 18.0 Å². The molecule has 0 N–H and O–H groups in total. The first kappa shape index (κ1) is 16.7. The molecule has 1 aromatic rings. The van der Waals surface area contributed by atoms with Crippen LogP contribution in [0, 0.1) is 5.82 Å². The maximum absolute atomic E-state index is 13.6. The van der Waals surface area contributed by atoms with E-state index < -0.39 is 5.60 Å². The van der Waals surface area contributed by atoms with Gasteiger partial charge in [-0.25, -0.2) is 9.18 Å². The molecule has 1 saturated heterocycles. The predicted molar refractivity (Wildman–Crippen MR) is 89.3 cm³/mol. The highest BCUT2D eigenvalue weighted by Gasteiger charge is 2.41. The summed E-state index contributed by atoms with van der Waals surface area (Å²) in [6, 6.07) is 4.17. The third-order valence-corrected chi connectivity index (χ3v) is 4.49. The average molecular weight is 331 g/mol. The van der Waals surface area contributed by atoms with E-state index in [0.29, 0.717) is 17.5 Å². The van der Waals surface area contributed by atoms with Crippen LogP contribution in [0.5, 0.6) is 0 Å². The summed E-state index contributed by atoms with van der Waals surface area (Å²) in [5.41, 5.74) is 1.51. The zero-order valence-electron chi connectivity index (χ0n) is 14.2. The lowest BCUT2D eigenvalue weighted by Crippen LogP contribution is -2.45. The Labute approximate surface area is 141 Å². The van der Waals surface area contributed by atoms with E-state index in [1.54, 1.807) is 4.90 Å². The zero-order valence-corrected chi connectivity index (χ0v) is 14.2. The first-order valence-electron chi connectivity index (χ1n) is 8.25. The number of hydrogen-bond acceptors (Lipinski definition) is 3. The number of carbonyl (C=O) groups excluding carboxylic acids is 2. The molecule has 1 fully saturated rings. The van der Waals surface area contributed by atoms with Crippen LogP contribution in [0.3, 0.4) is 0 Å². The van der Waals surface area contributed by atoms with Gasteiger partial charge in [-0.2, -0.15) is 0 Å². The number of benzene rings is 1. The van der Waals surface area contributed by atoms with Gasteiger partial charge in [0, 0.05) is 11.6 Å². The number of rotatable bonds is 2. The molecule has 2 bridgehead atoms. The fraction of sp³-hybridized carbons (Fsp3) is 0.474. The molecule has 2 aliphatic heterocycles. The maximum atomic E-state index is 13.6. The van der Waals surface area contributed by atoms with Crippen LogP contribution in [0.4, 0.5) is 9.18 Å². The van der Waals surface area contributed by atoms with Gasteiger partial charge in [0.1, 0.15) is 11.4 Å². The van der Waals surface area contributed by atoms with Crippen molar-refractivity contribution in [3.63, 3.8) is 0 Å². The van der Waals surface area contributed by atoms with E-state index >= 15 is 0 Å². The van der Waals surface area contributed by atoms with Gasteiger partial charge in [0.25, 0.3) is 0 Å². The Morgan fingerprint density at radius 1 is 1.33 bits per heavy atom.